The minimum atomic E-state index is -0.663. The Morgan fingerprint density at radius 2 is 1.97 bits per heavy atom. The average Bonchev–Trinajstić information content (AvgIpc) is 2.94. The Kier molecular flexibility index (Phi) is 6.54. The van der Waals surface area contributed by atoms with E-state index in [1.165, 1.54) is 19.1 Å². The van der Waals surface area contributed by atoms with Crippen LogP contribution in [0.1, 0.15) is 44.5 Å². The summed E-state index contributed by atoms with van der Waals surface area (Å²) in [7, 11) is 0. The van der Waals surface area contributed by atoms with Crippen molar-refractivity contribution in [2.75, 3.05) is 23.4 Å². The van der Waals surface area contributed by atoms with Crippen molar-refractivity contribution in [3.05, 3.63) is 53.0 Å². The third-order valence-corrected chi connectivity index (χ3v) is 5.18. The fraction of sp³-hybridized carbons (Fsp3) is 0.364. The van der Waals surface area contributed by atoms with Gasteiger partial charge in [0.25, 0.3) is 0 Å². The van der Waals surface area contributed by atoms with Gasteiger partial charge in [0.2, 0.25) is 5.91 Å². The number of anilines is 2. The number of nitrogens with zero attached hydrogens (tertiary/aromatic N) is 2. The van der Waals surface area contributed by atoms with Gasteiger partial charge in [-0.2, -0.15) is 0 Å². The molecule has 1 aromatic heterocycles. The number of hydrogen-bond acceptors (Lipinski definition) is 5. The number of halogens is 1. The molecule has 1 aliphatic heterocycles. The van der Waals surface area contributed by atoms with E-state index in [0.29, 0.717) is 18.8 Å². The van der Waals surface area contributed by atoms with Crippen molar-refractivity contribution in [2.24, 2.45) is 0 Å². The zero-order valence-corrected chi connectivity index (χ0v) is 18.7. The van der Waals surface area contributed by atoms with E-state index >= 15 is 0 Å². The second-order valence-electron chi connectivity index (χ2n) is 7.96. The Balaban J connectivity index is 2.00. The van der Waals surface area contributed by atoms with Crippen molar-refractivity contribution in [1.29, 1.82) is 0 Å². The summed E-state index contributed by atoms with van der Waals surface area (Å²) in [4.78, 5) is 30.4. The lowest BCUT2D eigenvalue weighted by atomic mass is 9.90. The van der Waals surface area contributed by atoms with E-state index in [4.69, 9.17) is 21.9 Å². The van der Waals surface area contributed by atoms with Crippen LogP contribution in [0.4, 0.5) is 20.7 Å². The number of benzene rings is 1. The van der Waals surface area contributed by atoms with Crippen LogP contribution in [0.5, 0.6) is 0 Å². The number of thiocarbonyl (C=S) groups is 1. The van der Waals surface area contributed by atoms with Crippen LogP contribution in [0.25, 0.3) is 0 Å². The Morgan fingerprint density at radius 1 is 1.29 bits per heavy atom. The molecule has 2 aromatic rings. The highest BCUT2D eigenvalue weighted by Crippen LogP contribution is 2.41. The molecule has 3 rings (SSSR count). The number of carbonyl (C=O) groups is 2. The molecule has 0 bridgehead atoms. The highest BCUT2D eigenvalue weighted by atomic mass is 32.1. The number of ether oxygens (including phenoxy) is 1. The van der Waals surface area contributed by atoms with Crippen LogP contribution in [0.3, 0.4) is 0 Å². The molecule has 0 aliphatic carbocycles. The Hall–Kier alpha value is -3.07. The number of rotatable bonds is 4. The van der Waals surface area contributed by atoms with Gasteiger partial charge in [-0.15, -0.1) is 0 Å². The number of nitrogens with one attached hydrogen (secondary N) is 2. The maximum absolute atomic E-state index is 13.3. The number of aromatic nitrogens is 1. The van der Waals surface area contributed by atoms with Crippen molar-refractivity contribution in [1.82, 2.24) is 10.3 Å². The molecule has 0 spiro atoms. The topological polar surface area (TPSA) is 83.6 Å². The number of fused-ring (bicyclic) bond motifs is 1. The largest absolute Gasteiger partial charge is 0.450 e. The fourth-order valence-electron chi connectivity index (χ4n) is 3.55. The predicted molar refractivity (Wildman–Crippen MR) is 121 cm³/mol. The summed E-state index contributed by atoms with van der Waals surface area (Å²) in [5, 5.41) is 5.47. The third-order valence-electron chi connectivity index (χ3n) is 4.98. The van der Waals surface area contributed by atoms with Crippen molar-refractivity contribution < 1.29 is 18.7 Å². The molecule has 31 heavy (non-hydrogen) atoms. The molecule has 0 saturated heterocycles. The normalized spacial score (nSPS) is 14.0. The smallest absolute Gasteiger partial charge is 0.413 e. The maximum atomic E-state index is 13.3. The molecule has 0 fully saturated rings. The van der Waals surface area contributed by atoms with Gasteiger partial charge in [-0.1, -0.05) is 26.0 Å². The molecule has 0 unspecified atom stereocenters. The quantitative estimate of drug-likeness (QED) is 0.696. The first-order chi connectivity index (χ1) is 14.6. The highest BCUT2D eigenvalue weighted by molar-refractivity contribution is 7.80. The SMILES string of the molecule is CCOC(=O)NC(=S)Nc1nc2c(cc1Cc1ccc(F)cc1)N(C(C)=O)CC2(C)C. The van der Waals surface area contributed by atoms with Crippen LogP contribution < -0.4 is 15.5 Å². The molecule has 0 radical (unpaired) electrons. The molecular formula is C22H25FN4O3S. The van der Waals surface area contributed by atoms with E-state index in [9.17, 15) is 14.0 Å². The van der Waals surface area contributed by atoms with Gasteiger partial charge < -0.3 is 15.0 Å². The molecule has 2 heterocycles. The van der Waals surface area contributed by atoms with E-state index in [2.05, 4.69) is 10.6 Å². The third kappa shape index (κ3) is 5.16. The first-order valence-electron chi connectivity index (χ1n) is 9.92. The zero-order chi connectivity index (χ0) is 22.8. The monoisotopic (exact) mass is 444 g/mol. The van der Waals surface area contributed by atoms with Gasteiger partial charge >= 0.3 is 6.09 Å². The lowest BCUT2D eigenvalue weighted by molar-refractivity contribution is -0.116. The fourth-order valence-corrected chi connectivity index (χ4v) is 3.73. The van der Waals surface area contributed by atoms with E-state index in [1.807, 2.05) is 19.9 Å². The zero-order valence-electron chi connectivity index (χ0n) is 17.9. The number of carbonyl (C=O) groups excluding carboxylic acids is 2. The molecular weight excluding hydrogens is 419 g/mol. The van der Waals surface area contributed by atoms with Gasteiger partial charge in [-0.05, 0) is 42.9 Å². The van der Waals surface area contributed by atoms with E-state index < -0.39 is 6.09 Å². The van der Waals surface area contributed by atoms with E-state index in [-0.39, 0.29) is 28.9 Å². The van der Waals surface area contributed by atoms with Crippen LogP contribution in [-0.4, -0.2) is 35.2 Å². The molecule has 0 saturated carbocycles. The van der Waals surface area contributed by atoms with E-state index in [0.717, 1.165) is 22.5 Å². The molecule has 1 aliphatic rings. The van der Waals surface area contributed by atoms with Crippen LogP contribution in [0.2, 0.25) is 0 Å². The van der Waals surface area contributed by atoms with Crippen molar-refractivity contribution >= 4 is 40.8 Å². The van der Waals surface area contributed by atoms with Crippen LogP contribution in [-0.2, 0) is 21.4 Å². The average molecular weight is 445 g/mol. The molecule has 9 heteroatoms. The molecule has 164 valence electrons. The summed E-state index contributed by atoms with van der Waals surface area (Å²) in [6, 6.07) is 8.06. The Morgan fingerprint density at radius 3 is 2.58 bits per heavy atom. The molecule has 2 amide bonds. The van der Waals surface area contributed by atoms with Gasteiger partial charge in [0.05, 0.1) is 18.0 Å². The lowest BCUT2D eigenvalue weighted by Crippen LogP contribution is -2.35. The highest BCUT2D eigenvalue weighted by Gasteiger charge is 2.39. The summed E-state index contributed by atoms with van der Waals surface area (Å²) in [5.74, 6) is 0.0726. The number of amides is 2. The van der Waals surface area contributed by atoms with Crippen LogP contribution in [0, 0.1) is 5.82 Å². The number of pyridine rings is 1. The van der Waals surface area contributed by atoms with E-state index in [1.54, 1.807) is 24.0 Å². The number of hydrogen-bond donors (Lipinski definition) is 2. The minimum absolute atomic E-state index is 0.0467. The standard InChI is InChI=1S/C22H25FN4O3S/c1-5-30-21(29)26-20(31)25-19-15(10-14-6-8-16(23)9-7-14)11-17-18(24-19)22(3,4)12-27(17)13(2)28/h6-9,11H,5,10,12H2,1-4H3,(H2,24,25,26,29,31). The summed E-state index contributed by atoms with van der Waals surface area (Å²) in [5.41, 5.74) is 2.75. The maximum Gasteiger partial charge on any atom is 0.413 e. The van der Waals surface area contributed by atoms with Crippen molar-refractivity contribution in [3.8, 4) is 0 Å². The summed E-state index contributed by atoms with van der Waals surface area (Å²) < 4.78 is 18.2. The molecule has 2 N–H and O–H groups in total. The minimum Gasteiger partial charge on any atom is -0.450 e. The first-order valence-corrected chi connectivity index (χ1v) is 10.3. The molecule has 0 atom stereocenters. The molecule has 1 aromatic carbocycles. The van der Waals surface area contributed by atoms with Gasteiger partial charge in [-0.3, -0.25) is 10.1 Å². The summed E-state index contributed by atoms with van der Waals surface area (Å²) in [6.07, 6.45) is -0.235. The van der Waals surface area contributed by atoms with Gasteiger partial charge in [0, 0.05) is 30.9 Å². The van der Waals surface area contributed by atoms with Gasteiger partial charge in [0.1, 0.15) is 11.6 Å². The van der Waals surface area contributed by atoms with Crippen LogP contribution >= 0.6 is 12.2 Å². The Bertz CT molecular complexity index is 1020. The van der Waals surface area contributed by atoms with Crippen molar-refractivity contribution in [3.63, 3.8) is 0 Å². The predicted octanol–water partition coefficient (Wildman–Crippen LogP) is 3.90. The summed E-state index contributed by atoms with van der Waals surface area (Å²) >= 11 is 5.24. The Labute approximate surface area is 186 Å². The van der Waals surface area contributed by atoms with Gasteiger partial charge in [0.15, 0.2) is 5.11 Å². The van der Waals surface area contributed by atoms with Crippen LogP contribution in [0.15, 0.2) is 30.3 Å². The summed E-state index contributed by atoms with van der Waals surface area (Å²) in [6.45, 7) is 7.98. The van der Waals surface area contributed by atoms with Crippen molar-refractivity contribution in [2.45, 2.75) is 39.5 Å². The molecule has 7 nitrogen and oxygen atoms in total. The lowest BCUT2D eigenvalue weighted by Gasteiger charge is -2.19. The second-order valence-corrected chi connectivity index (χ2v) is 8.36. The van der Waals surface area contributed by atoms with Gasteiger partial charge in [-0.25, -0.2) is 14.2 Å². The first kappa shape index (κ1) is 22.6. The second kappa shape index (κ2) is 8.97. The number of alkyl carbamates (subject to hydrolysis) is 1.